The van der Waals surface area contributed by atoms with Crippen molar-refractivity contribution in [2.24, 2.45) is 0 Å². The van der Waals surface area contributed by atoms with E-state index in [1.54, 1.807) is 0 Å². The summed E-state index contributed by atoms with van der Waals surface area (Å²) in [5.74, 6) is -2.05. The van der Waals surface area contributed by atoms with Crippen molar-refractivity contribution in [1.29, 1.82) is 0 Å². The Balaban J connectivity index is 1.80. The number of rotatable bonds is 5. The average molecular weight is 275 g/mol. The maximum Gasteiger partial charge on any atom is 0.254 e. The van der Waals surface area contributed by atoms with Gasteiger partial charge in [0.25, 0.3) is 5.91 Å². The second-order valence-electron chi connectivity index (χ2n) is 4.47. The number of carbonyl (C=O) groups excluding carboxylic acids is 1. The van der Waals surface area contributed by atoms with Gasteiger partial charge in [-0.3, -0.25) is 4.79 Å². The topological polar surface area (TPSA) is 29.1 Å². The molecule has 0 saturated heterocycles. The van der Waals surface area contributed by atoms with Crippen LogP contribution in [-0.2, 0) is 6.42 Å². The molecule has 2 aromatic carbocycles. The van der Waals surface area contributed by atoms with Gasteiger partial charge in [-0.2, -0.15) is 0 Å². The molecule has 0 aromatic heterocycles. The molecule has 0 atom stereocenters. The van der Waals surface area contributed by atoms with Gasteiger partial charge in [0.1, 0.15) is 11.6 Å². The highest BCUT2D eigenvalue weighted by molar-refractivity contribution is 5.94. The summed E-state index contributed by atoms with van der Waals surface area (Å²) in [6.07, 6.45) is 1.60. The number of hydrogen-bond acceptors (Lipinski definition) is 1. The van der Waals surface area contributed by atoms with Crippen LogP contribution >= 0.6 is 0 Å². The number of nitrogens with one attached hydrogen (secondary N) is 1. The lowest BCUT2D eigenvalue weighted by molar-refractivity contribution is 0.0949. The van der Waals surface area contributed by atoms with E-state index in [1.807, 2.05) is 30.3 Å². The molecular formula is C16H15F2NO. The van der Waals surface area contributed by atoms with Crippen LogP contribution < -0.4 is 5.32 Å². The molecule has 0 radical (unpaired) electrons. The minimum absolute atomic E-state index is 0.133. The summed E-state index contributed by atoms with van der Waals surface area (Å²) in [5, 5.41) is 2.63. The zero-order chi connectivity index (χ0) is 14.4. The zero-order valence-electron chi connectivity index (χ0n) is 10.9. The molecule has 2 nitrogen and oxygen atoms in total. The lowest BCUT2D eigenvalue weighted by Gasteiger charge is -2.06. The summed E-state index contributed by atoms with van der Waals surface area (Å²) in [5.41, 5.74) is 1.06. The lowest BCUT2D eigenvalue weighted by atomic mass is 10.1. The Kier molecular flexibility index (Phi) is 4.82. The lowest BCUT2D eigenvalue weighted by Crippen LogP contribution is -2.25. The molecule has 1 N–H and O–H groups in total. The largest absolute Gasteiger partial charge is 0.352 e. The molecule has 2 rings (SSSR count). The highest BCUT2D eigenvalue weighted by atomic mass is 19.1. The maximum absolute atomic E-state index is 13.4. The molecule has 0 aliphatic heterocycles. The first-order valence-corrected chi connectivity index (χ1v) is 6.44. The molecule has 4 heteroatoms. The van der Waals surface area contributed by atoms with E-state index < -0.39 is 17.5 Å². The monoisotopic (exact) mass is 275 g/mol. The van der Waals surface area contributed by atoms with Crippen LogP contribution in [0.5, 0.6) is 0 Å². The number of hydrogen-bond donors (Lipinski definition) is 1. The van der Waals surface area contributed by atoms with E-state index >= 15 is 0 Å². The first kappa shape index (κ1) is 14.2. The van der Waals surface area contributed by atoms with Gasteiger partial charge in [-0.1, -0.05) is 30.3 Å². The third-order valence-electron chi connectivity index (χ3n) is 2.95. The van der Waals surface area contributed by atoms with Crippen molar-refractivity contribution < 1.29 is 13.6 Å². The van der Waals surface area contributed by atoms with E-state index in [1.165, 1.54) is 5.56 Å². The molecule has 0 aliphatic carbocycles. The Bertz CT molecular complexity index is 584. The second-order valence-corrected chi connectivity index (χ2v) is 4.47. The summed E-state index contributed by atoms with van der Waals surface area (Å²) < 4.78 is 26.1. The molecule has 0 heterocycles. The van der Waals surface area contributed by atoms with Crippen LogP contribution in [-0.4, -0.2) is 12.5 Å². The molecule has 0 fully saturated rings. The van der Waals surface area contributed by atoms with E-state index in [0.717, 1.165) is 25.0 Å². The molecule has 0 unspecified atom stereocenters. The SMILES string of the molecule is O=C(NCCCc1ccccc1)c1ccc(F)cc1F. The van der Waals surface area contributed by atoms with Crippen molar-refractivity contribution in [2.45, 2.75) is 12.8 Å². The fourth-order valence-corrected chi connectivity index (χ4v) is 1.91. The smallest absolute Gasteiger partial charge is 0.254 e. The highest BCUT2D eigenvalue weighted by Crippen LogP contribution is 2.09. The standard InChI is InChI=1S/C16H15F2NO/c17-13-8-9-14(15(18)11-13)16(20)19-10-4-7-12-5-2-1-3-6-12/h1-3,5-6,8-9,11H,4,7,10H2,(H,19,20). The summed E-state index contributed by atoms with van der Waals surface area (Å²) in [4.78, 5) is 11.7. The van der Waals surface area contributed by atoms with Crippen LogP contribution in [0.2, 0.25) is 0 Å². The summed E-state index contributed by atoms with van der Waals surface area (Å²) in [6.45, 7) is 0.449. The van der Waals surface area contributed by atoms with E-state index in [9.17, 15) is 13.6 Å². The minimum Gasteiger partial charge on any atom is -0.352 e. The Labute approximate surface area is 116 Å². The van der Waals surface area contributed by atoms with Gasteiger partial charge in [0.05, 0.1) is 5.56 Å². The maximum atomic E-state index is 13.4. The predicted molar refractivity (Wildman–Crippen MR) is 73.5 cm³/mol. The Morgan fingerprint density at radius 2 is 1.80 bits per heavy atom. The number of aryl methyl sites for hydroxylation is 1. The quantitative estimate of drug-likeness (QED) is 0.833. The summed E-state index contributed by atoms with van der Waals surface area (Å²) >= 11 is 0. The molecule has 1 amide bonds. The molecule has 0 aliphatic rings. The molecule has 2 aromatic rings. The average Bonchev–Trinajstić information content (AvgIpc) is 2.44. The third kappa shape index (κ3) is 3.88. The fourth-order valence-electron chi connectivity index (χ4n) is 1.91. The summed E-state index contributed by atoms with van der Waals surface area (Å²) in [7, 11) is 0. The van der Waals surface area contributed by atoms with Crippen molar-refractivity contribution in [1.82, 2.24) is 5.32 Å². The summed E-state index contributed by atoms with van der Waals surface area (Å²) in [6, 6.07) is 12.8. The van der Waals surface area contributed by atoms with Crippen LogP contribution in [0.3, 0.4) is 0 Å². The van der Waals surface area contributed by atoms with Gasteiger partial charge in [-0.15, -0.1) is 0 Å². The highest BCUT2D eigenvalue weighted by Gasteiger charge is 2.11. The van der Waals surface area contributed by atoms with Gasteiger partial charge in [-0.25, -0.2) is 8.78 Å². The van der Waals surface area contributed by atoms with Crippen molar-refractivity contribution >= 4 is 5.91 Å². The Morgan fingerprint density at radius 1 is 1.05 bits per heavy atom. The van der Waals surface area contributed by atoms with Crippen molar-refractivity contribution in [3.05, 3.63) is 71.3 Å². The number of halogens is 2. The van der Waals surface area contributed by atoms with Gasteiger partial charge < -0.3 is 5.32 Å². The van der Waals surface area contributed by atoms with Gasteiger partial charge in [-0.05, 0) is 30.5 Å². The molecule has 104 valence electrons. The van der Waals surface area contributed by atoms with Crippen molar-refractivity contribution in [3.63, 3.8) is 0 Å². The van der Waals surface area contributed by atoms with Crippen LogP contribution in [0.1, 0.15) is 22.3 Å². The second kappa shape index (κ2) is 6.80. The molecule has 0 spiro atoms. The Morgan fingerprint density at radius 3 is 2.50 bits per heavy atom. The molecular weight excluding hydrogens is 260 g/mol. The third-order valence-corrected chi connectivity index (χ3v) is 2.95. The molecule has 20 heavy (non-hydrogen) atoms. The van der Waals surface area contributed by atoms with Crippen molar-refractivity contribution in [3.8, 4) is 0 Å². The zero-order valence-corrected chi connectivity index (χ0v) is 10.9. The first-order chi connectivity index (χ1) is 9.66. The van der Waals surface area contributed by atoms with E-state index in [2.05, 4.69) is 5.32 Å². The van der Waals surface area contributed by atoms with Gasteiger partial charge in [0.15, 0.2) is 0 Å². The van der Waals surface area contributed by atoms with Gasteiger partial charge in [0, 0.05) is 12.6 Å². The normalized spacial score (nSPS) is 10.3. The van der Waals surface area contributed by atoms with E-state index in [-0.39, 0.29) is 5.56 Å². The van der Waals surface area contributed by atoms with E-state index in [0.29, 0.717) is 12.6 Å². The van der Waals surface area contributed by atoms with Crippen LogP contribution in [0, 0.1) is 11.6 Å². The van der Waals surface area contributed by atoms with E-state index in [4.69, 9.17) is 0 Å². The molecule has 0 bridgehead atoms. The predicted octanol–water partition coefficient (Wildman–Crippen LogP) is 3.33. The fraction of sp³-hybridized carbons (Fsp3) is 0.188. The van der Waals surface area contributed by atoms with Gasteiger partial charge in [0.2, 0.25) is 0 Å². The van der Waals surface area contributed by atoms with Gasteiger partial charge >= 0.3 is 0 Å². The van der Waals surface area contributed by atoms with Crippen molar-refractivity contribution in [2.75, 3.05) is 6.54 Å². The Hall–Kier alpha value is -2.23. The van der Waals surface area contributed by atoms with Crippen LogP contribution in [0.25, 0.3) is 0 Å². The first-order valence-electron chi connectivity index (χ1n) is 6.44. The molecule has 0 saturated carbocycles. The van der Waals surface area contributed by atoms with Crippen LogP contribution in [0.4, 0.5) is 8.78 Å². The minimum atomic E-state index is -0.842. The van der Waals surface area contributed by atoms with Crippen LogP contribution in [0.15, 0.2) is 48.5 Å². The number of amides is 1. The number of benzene rings is 2. The number of carbonyl (C=O) groups is 1.